The molecule has 0 rings (SSSR count). The van der Waals surface area contributed by atoms with E-state index in [2.05, 4.69) is 4.31 Å². The van der Waals surface area contributed by atoms with Gasteiger partial charge in [0.05, 0.1) is 0 Å². The zero-order valence-electron chi connectivity index (χ0n) is 6.72. The van der Waals surface area contributed by atoms with E-state index >= 15 is 0 Å². The molecular weight excluding hydrogens is 252 g/mol. The van der Waals surface area contributed by atoms with Crippen molar-refractivity contribution in [3.63, 3.8) is 0 Å². The summed E-state index contributed by atoms with van der Waals surface area (Å²) < 4.78 is 22.2. The first-order chi connectivity index (χ1) is 4.71. The van der Waals surface area contributed by atoms with E-state index in [0.29, 0.717) is 0 Å². The Morgan fingerprint density at radius 3 is 1.00 bits per heavy atom. The normalized spacial score (nSPS) is 10.0. The number of phosphoric acid groups is 2. The number of hydrogen-bond acceptors (Lipinski definition) is 5. The van der Waals surface area contributed by atoms with Crippen molar-refractivity contribution in [1.82, 2.24) is 0 Å². The van der Waals surface area contributed by atoms with Gasteiger partial charge in [0.1, 0.15) is 0 Å². The molecule has 0 aliphatic rings. The predicted molar refractivity (Wildman–Crippen MR) is 25.2 cm³/mol. The van der Waals surface area contributed by atoms with Crippen LogP contribution >= 0.6 is 15.6 Å². The van der Waals surface area contributed by atoms with Crippen molar-refractivity contribution >= 4 is 15.6 Å². The third-order valence-electron chi connectivity index (χ3n) is 0.213. The molecule has 0 radical (unpaired) electrons. The van der Waals surface area contributed by atoms with Crippen molar-refractivity contribution in [2.45, 2.75) is 0 Å². The van der Waals surface area contributed by atoms with Gasteiger partial charge in [0.15, 0.2) is 0 Å². The maximum atomic E-state index is 9.63. The van der Waals surface area contributed by atoms with Gasteiger partial charge < -0.3 is 30.1 Å². The summed E-state index contributed by atoms with van der Waals surface area (Å²) in [6, 6.07) is 0. The van der Waals surface area contributed by atoms with Crippen LogP contribution in [0.3, 0.4) is 0 Å². The molecule has 0 fully saturated rings. The van der Waals surface area contributed by atoms with Crippen LogP contribution in [0.1, 0.15) is 0 Å². The summed E-state index contributed by atoms with van der Waals surface area (Å²) in [6.07, 6.45) is 0. The maximum Gasteiger partial charge on any atom is 1.00 e. The third kappa shape index (κ3) is 31.4. The average Bonchev–Trinajstić information content (AvgIpc) is 1.60. The molecule has 0 aromatic carbocycles. The minimum Gasteiger partial charge on any atom is -1.00 e. The molecule has 0 unspecified atom stereocenters. The molecule has 4 N–H and O–H groups in total. The summed E-state index contributed by atoms with van der Waals surface area (Å²) in [5.41, 5.74) is 0. The van der Waals surface area contributed by atoms with E-state index in [0.717, 1.165) is 0 Å². The first-order valence-electron chi connectivity index (χ1n) is 1.70. The number of rotatable bonds is 2. The van der Waals surface area contributed by atoms with Gasteiger partial charge in [-0.15, -0.1) is 0 Å². The molecule has 13 heavy (non-hydrogen) atoms. The molecule has 0 bridgehead atoms. The Morgan fingerprint density at radius 1 is 0.846 bits per heavy atom. The molecule has 13 heteroatoms. The van der Waals surface area contributed by atoms with Gasteiger partial charge in [-0.3, -0.25) is 0 Å². The van der Waals surface area contributed by atoms with Crippen molar-refractivity contribution in [2.75, 3.05) is 0 Å². The van der Waals surface area contributed by atoms with E-state index < -0.39 is 15.6 Å². The van der Waals surface area contributed by atoms with Gasteiger partial charge in [0.25, 0.3) is 0 Å². The van der Waals surface area contributed by atoms with Gasteiger partial charge in [-0.25, -0.2) is 9.13 Å². The fourth-order valence-corrected chi connectivity index (χ4v) is 1.25. The molecule has 0 saturated heterocycles. The quantitative estimate of drug-likeness (QED) is 0.162. The van der Waals surface area contributed by atoms with Crippen molar-refractivity contribution in [1.29, 1.82) is 0 Å². The predicted octanol–water partition coefficient (Wildman–Crippen LogP) is -9.18. The van der Waals surface area contributed by atoms with Crippen LogP contribution in [0, 0.1) is 0 Å². The van der Waals surface area contributed by atoms with Crippen LogP contribution < -0.4 is 69.6 Å². The topological polar surface area (TPSA) is 170 Å². The smallest absolute Gasteiger partial charge is 1.00 e. The molecule has 0 heterocycles. The summed E-state index contributed by atoms with van der Waals surface area (Å²) in [4.78, 5) is 31.0. The fraction of sp³-hybridized carbons (Fsp3) is 0. The molecule has 0 atom stereocenters. The van der Waals surface area contributed by atoms with E-state index in [4.69, 9.17) is 30.1 Å². The van der Waals surface area contributed by atoms with Crippen molar-refractivity contribution in [3.05, 3.63) is 0 Å². The van der Waals surface area contributed by atoms with E-state index in [1.54, 1.807) is 0 Å². The van der Waals surface area contributed by atoms with Gasteiger partial charge in [-0.1, -0.05) is 0 Å². The molecule has 0 amide bonds. The van der Waals surface area contributed by atoms with Crippen LogP contribution in [0.5, 0.6) is 0 Å². The van der Waals surface area contributed by atoms with E-state index in [1.165, 1.54) is 0 Å². The van der Waals surface area contributed by atoms with Crippen molar-refractivity contribution < 1.29 is 103 Å². The summed E-state index contributed by atoms with van der Waals surface area (Å²) in [5.74, 6) is 0. The second kappa shape index (κ2) is 10.7. The van der Waals surface area contributed by atoms with Crippen LogP contribution in [0.4, 0.5) is 0 Å². The van der Waals surface area contributed by atoms with Crippen LogP contribution in [-0.2, 0) is 13.4 Å². The van der Waals surface area contributed by atoms with Gasteiger partial charge in [0, 0.05) is 0 Å². The first-order valence-corrected chi connectivity index (χ1v) is 4.76. The van der Waals surface area contributed by atoms with Gasteiger partial charge >= 0.3 is 74.8 Å². The monoisotopic (exact) mass is 256 g/mol. The molecule has 0 aromatic rings. The SMILES string of the molecule is O=P(O)(O)OP(=O)(O)O.[Na+].[Na+].[O-][O-]. The second-order valence-electron chi connectivity index (χ2n) is 1.06. The van der Waals surface area contributed by atoms with Crippen molar-refractivity contribution in [3.8, 4) is 0 Å². The minimum atomic E-state index is -5.05. The Kier molecular flexibility index (Phi) is 20.1. The third-order valence-corrected chi connectivity index (χ3v) is 1.91. The molecular formula is H4Na2O9P2. The Balaban J connectivity index is -0.0000000941. The fourth-order valence-electron chi connectivity index (χ4n) is 0.139. The van der Waals surface area contributed by atoms with E-state index in [-0.39, 0.29) is 59.1 Å². The van der Waals surface area contributed by atoms with Crippen LogP contribution in [0.2, 0.25) is 0 Å². The summed E-state index contributed by atoms with van der Waals surface area (Å²) >= 11 is 0. The maximum absolute atomic E-state index is 9.63. The Morgan fingerprint density at radius 2 is 1.00 bits per heavy atom. The Bertz CT molecular complexity index is 156. The van der Waals surface area contributed by atoms with E-state index in [1.807, 2.05) is 0 Å². The molecule has 0 spiro atoms. The van der Waals surface area contributed by atoms with E-state index in [9.17, 15) is 9.13 Å². The standard InChI is InChI=1S/2Na.H4O7P2.O2/c;;1-8(2,3)7-9(4,5)6;1-2/h;;(H2,1,2,3)(H2,4,5,6);/q2*+1;;-2. The van der Waals surface area contributed by atoms with Crippen LogP contribution in [0.25, 0.3) is 0 Å². The molecule has 0 aromatic heterocycles. The van der Waals surface area contributed by atoms with Gasteiger partial charge in [0.2, 0.25) is 0 Å². The minimum absolute atomic E-state index is 0. The van der Waals surface area contributed by atoms with Crippen LogP contribution in [0.15, 0.2) is 0 Å². The Hall–Kier alpha value is 2.18. The molecule has 70 valence electrons. The summed E-state index contributed by atoms with van der Waals surface area (Å²) in [7, 11) is -10.1. The summed E-state index contributed by atoms with van der Waals surface area (Å²) in [5, 5.41) is 14.0. The molecule has 0 aliphatic carbocycles. The van der Waals surface area contributed by atoms with Gasteiger partial charge in [-0.2, -0.15) is 4.31 Å². The molecule has 0 saturated carbocycles. The van der Waals surface area contributed by atoms with Crippen LogP contribution in [-0.4, -0.2) is 19.6 Å². The molecule has 9 nitrogen and oxygen atoms in total. The van der Waals surface area contributed by atoms with Gasteiger partial charge in [-0.05, 0) is 0 Å². The van der Waals surface area contributed by atoms with Crippen molar-refractivity contribution in [2.24, 2.45) is 0 Å². The average molecular weight is 256 g/mol. The second-order valence-corrected chi connectivity index (χ2v) is 3.68. The zero-order valence-corrected chi connectivity index (χ0v) is 12.5. The first kappa shape index (κ1) is 24.4. The summed E-state index contributed by atoms with van der Waals surface area (Å²) in [6.45, 7) is 0. The Labute approximate surface area is 117 Å². The number of hydrogen-bond donors (Lipinski definition) is 4. The zero-order chi connectivity index (χ0) is 9.71. The molecule has 0 aliphatic heterocycles. The largest absolute Gasteiger partial charge is 1.00 e.